The Kier molecular flexibility index (Phi) is 5.47. The van der Waals surface area contributed by atoms with E-state index < -0.39 is 0 Å². The van der Waals surface area contributed by atoms with Crippen molar-refractivity contribution in [1.29, 1.82) is 0 Å². The first-order valence-electron chi connectivity index (χ1n) is 8.69. The molecule has 1 heterocycles. The molecule has 0 bridgehead atoms. The van der Waals surface area contributed by atoms with Crippen molar-refractivity contribution in [2.24, 2.45) is 4.99 Å². The van der Waals surface area contributed by atoms with Gasteiger partial charge in [0.25, 0.3) is 5.91 Å². The second-order valence-corrected chi connectivity index (χ2v) is 8.31. The van der Waals surface area contributed by atoms with Gasteiger partial charge in [-0.15, -0.1) is 0 Å². The minimum absolute atomic E-state index is 0.0338. The zero-order chi connectivity index (χ0) is 18.7. The summed E-state index contributed by atoms with van der Waals surface area (Å²) in [5.74, 6) is 0.306. The SMILES string of the molecule is CC(C)(C)c1ccc(C(=O)N2CCN=C2SCc2cccc(F)c2)cc1. The number of nitrogens with zero attached hydrogens (tertiary/aromatic N) is 2. The Morgan fingerprint density at radius 2 is 1.92 bits per heavy atom. The molecule has 1 aliphatic rings. The largest absolute Gasteiger partial charge is 0.286 e. The lowest BCUT2D eigenvalue weighted by atomic mass is 9.86. The molecule has 0 saturated carbocycles. The molecule has 0 atom stereocenters. The zero-order valence-corrected chi connectivity index (χ0v) is 16.1. The fourth-order valence-corrected chi connectivity index (χ4v) is 3.77. The van der Waals surface area contributed by atoms with Crippen LogP contribution in [0.5, 0.6) is 0 Å². The van der Waals surface area contributed by atoms with Gasteiger partial charge in [-0.2, -0.15) is 0 Å². The molecular weight excluding hydrogens is 347 g/mol. The summed E-state index contributed by atoms with van der Waals surface area (Å²) in [6.45, 7) is 7.65. The average molecular weight is 370 g/mol. The highest BCUT2D eigenvalue weighted by molar-refractivity contribution is 8.13. The maximum Gasteiger partial charge on any atom is 0.259 e. The van der Waals surface area contributed by atoms with Crippen LogP contribution in [0, 0.1) is 5.82 Å². The Balaban J connectivity index is 1.68. The standard InChI is InChI=1S/C21H23FN2OS/c1-21(2,3)17-9-7-16(8-10-17)19(25)24-12-11-23-20(24)26-14-15-5-4-6-18(22)13-15/h4-10,13H,11-12,14H2,1-3H3. The molecule has 0 spiro atoms. The molecule has 1 aliphatic heterocycles. The van der Waals surface area contributed by atoms with Gasteiger partial charge in [0.05, 0.1) is 6.54 Å². The number of aliphatic imine (C=N–C) groups is 1. The van der Waals surface area contributed by atoms with Crippen LogP contribution < -0.4 is 0 Å². The Morgan fingerprint density at radius 1 is 1.19 bits per heavy atom. The molecule has 0 fully saturated rings. The number of amides is 1. The number of halogens is 1. The number of carbonyl (C=O) groups is 1. The summed E-state index contributed by atoms with van der Waals surface area (Å²) in [6.07, 6.45) is 0. The van der Waals surface area contributed by atoms with Crippen molar-refractivity contribution in [2.75, 3.05) is 13.1 Å². The highest BCUT2D eigenvalue weighted by Crippen LogP contribution is 2.24. The van der Waals surface area contributed by atoms with Crippen molar-refractivity contribution in [3.05, 3.63) is 71.0 Å². The summed E-state index contributed by atoms with van der Waals surface area (Å²) in [5.41, 5.74) is 2.80. The molecular formula is C21H23FN2OS. The van der Waals surface area contributed by atoms with E-state index in [9.17, 15) is 9.18 Å². The predicted octanol–water partition coefficient (Wildman–Crippen LogP) is 4.87. The first-order valence-corrected chi connectivity index (χ1v) is 9.67. The molecule has 3 rings (SSSR count). The van der Waals surface area contributed by atoms with Gasteiger partial charge in [-0.1, -0.05) is 56.8 Å². The highest BCUT2D eigenvalue weighted by atomic mass is 32.2. The molecule has 0 aromatic heterocycles. The van der Waals surface area contributed by atoms with E-state index in [0.717, 1.165) is 5.56 Å². The number of hydrogen-bond acceptors (Lipinski definition) is 3. The summed E-state index contributed by atoms with van der Waals surface area (Å²) in [4.78, 5) is 19.0. The van der Waals surface area contributed by atoms with E-state index in [1.807, 2.05) is 30.3 Å². The van der Waals surface area contributed by atoms with Crippen LogP contribution in [0.1, 0.15) is 42.3 Å². The second kappa shape index (κ2) is 7.62. The third-order valence-electron chi connectivity index (χ3n) is 4.30. The van der Waals surface area contributed by atoms with Crippen LogP contribution in [-0.2, 0) is 11.2 Å². The van der Waals surface area contributed by atoms with Crippen LogP contribution in [-0.4, -0.2) is 29.1 Å². The van der Waals surface area contributed by atoms with Crippen LogP contribution >= 0.6 is 11.8 Å². The van der Waals surface area contributed by atoms with Gasteiger partial charge in [0.1, 0.15) is 5.82 Å². The van der Waals surface area contributed by atoms with Gasteiger partial charge in [-0.3, -0.25) is 14.7 Å². The van der Waals surface area contributed by atoms with Gasteiger partial charge in [0.2, 0.25) is 0 Å². The second-order valence-electron chi connectivity index (χ2n) is 7.37. The molecule has 2 aromatic carbocycles. The molecule has 3 nitrogen and oxygen atoms in total. The first-order chi connectivity index (χ1) is 12.3. The van der Waals surface area contributed by atoms with E-state index in [0.29, 0.717) is 29.6 Å². The maximum absolute atomic E-state index is 13.3. The average Bonchev–Trinajstić information content (AvgIpc) is 3.07. The molecule has 136 valence electrons. The summed E-state index contributed by atoms with van der Waals surface area (Å²) < 4.78 is 13.3. The number of amidine groups is 1. The van der Waals surface area contributed by atoms with E-state index in [2.05, 4.69) is 25.8 Å². The number of benzene rings is 2. The Morgan fingerprint density at radius 3 is 2.58 bits per heavy atom. The van der Waals surface area contributed by atoms with Crippen LogP contribution in [0.25, 0.3) is 0 Å². The molecule has 26 heavy (non-hydrogen) atoms. The topological polar surface area (TPSA) is 32.7 Å². The maximum atomic E-state index is 13.3. The lowest BCUT2D eigenvalue weighted by Gasteiger charge is -2.21. The van der Waals surface area contributed by atoms with Crippen molar-refractivity contribution >= 4 is 22.8 Å². The highest BCUT2D eigenvalue weighted by Gasteiger charge is 2.25. The Hall–Kier alpha value is -2.14. The molecule has 0 unspecified atom stereocenters. The monoisotopic (exact) mass is 370 g/mol. The summed E-state index contributed by atoms with van der Waals surface area (Å²) >= 11 is 1.47. The molecule has 5 heteroatoms. The Labute approximate surface area is 158 Å². The van der Waals surface area contributed by atoms with Crippen molar-refractivity contribution in [3.8, 4) is 0 Å². The van der Waals surface area contributed by atoms with Gasteiger partial charge in [-0.25, -0.2) is 4.39 Å². The zero-order valence-electron chi connectivity index (χ0n) is 15.3. The normalized spacial score (nSPS) is 14.5. The summed E-state index contributed by atoms with van der Waals surface area (Å²) in [7, 11) is 0. The lowest BCUT2D eigenvalue weighted by Crippen LogP contribution is -2.32. The molecule has 0 radical (unpaired) electrons. The van der Waals surface area contributed by atoms with Crippen LogP contribution in [0.4, 0.5) is 4.39 Å². The van der Waals surface area contributed by atoms with E-state index in [1.54, 1.807) is 11.0 Å². The third kappa shape index (κ3) is 4.33. The quantitative estimate of drug-likeness (QED) is 0.772. The lowest BCUT2D eigenvalue weighted by molar-refractivity contribution is 0.0860. The van der Waals surface area contributed by atoms with Gasteiger partial charge < -0.3 is 0 Å². The predicted molar refractivity (Wildman–Crippen MR) is 106 cm³/mol. The Bertz CT molecular complexity index is 825. The van der Waals surface area contributed by atoms with E-state index in [4.69, 9.17) is 0 Å². The minimum Gasteiger partial charge on any atom is -0.286 e. The molecule has 1 amide bonds. The van der Waals surface area contributed by atoms with Crippen LogP contribution in [0.3, 0.4) is 0 Å². The molecule has 0 N–H and O–H groups in total. The summed E-state index contributed by atoms with van der Waals surface area (Å²) in [6, 6.07) is 14.3. The fourth-order valence-electron chi connectivity index (χ4n) is 2.78. The van der Waals surface area contributed by atoms with Crippen LogP contribution in [0.2, 0.25) is 0 Å². The van der Waals surface area contributed by atoms with Crippen molar-refractivity contribution in [3.63, 3.8) is 0 Å². The van der Waals surface area contributed by atoms with Gasteiger partial charge in [-0.05, 0) is 40.8 Å². The van der Waals surface area contributed by atoms with Crippen molar-refractivity contribution < 1.29 is 9.18 Å². The third-order valence-corrected chi connectivity index (χ3v) is 5.39. The summed E-state index contributed by atoms with van der Waals surface area (Å²) in [5, 5.41) is 0.708. The minimum atomic E-state index is -0.247. The van der Waals surface area contributed by atoms with E-state index >= 15 is 0 Å². The number of carbonyl (C=O) groups excluding carboxylic acids is 1. The van der Waals surface area contributed by atoms with Gasteiger partial charge in [0.15, 0.2) is 5.17 Å². The van der Waals surface area contributed by atoms with Crippen molar-refractivity contribution in [1.82, 2.24) is 4.90 Å². The first kappa shape index (κ1) is 18.6. The number of rotatable bonds is 3. The molecule has 0 saturated heterocycles. The number of thioether (sulfide) groups is 1. The van der Waals surface area contributed by atoms with Crippen LogP contribution in [0.15, 0.2) is 53.5 Å². The fraction of sp³-hybridized carbons (Fsp3) is 0.333. The van der Waals surface area contributed by atoms with E-state index in [1.165, 1.54) is 29.5 Å². The molecule has 2 aromatic rings. The molecule has 0 aliphatic carbocycles. The van der Waals surface area contributed by atoms with Crippen molar-refractivity contribution in [2.45, 2.75) is 31.9 Å². The van der Waals surface area contributed by atoms with Gasteiger partial charge in [0, 0.05) is 17.9 Å². The van der Waals surface area contributed by atoms with Gasteiger partial charge >= 0.3 is 0 Å². The number of hydrogen-bond donors (Lipinski definition) is 0. The smallest absolute Gasteiger partial charge is 0.259 e. The van der Waals surface area contributed by atoms with E-state index in [-0.39, 0.29) is 17.1 Å².